The van der Waals surface area contributed by atoms with E-state index < -0.39 is 0 Å². The van der Waals surface area contributed by atoms with Crippen LogP contribution in [0.3, 0.4) is 0 Å². The van der Waals surface area contributed by atoms with Crippen LogP contribution >= 0.6 is 11.3 Å². The molecule has 2 aromatic heterocycles. The van der Waals surface area contributed by atoms with Gasteiger partial charge in [0.1, 0.15) is 11.6 Å². The van der Waals surface area contributed by atoms with Gasteiger partial charge in [0, 0.05) is 42.3 Å². The van der Waals surface area contributed by atoms with E-state index in [0.29, 0.717) is 11.5 Å². The summed E-state index contributed by atoms with van der Waals surface area (Å²) in [5.41, 5.74) is 3.81. The molecule has 0 radical (unpaired) electrons. The number of aromatic hydroxyl groups is 1. The van der Waals surface area contributed by atoms with Crippen LogP contribution in [0.2, 0.25) is 0 Å². The first-order chi connectivity index (χ1) is 16.1. The molecule has 1 aliphatic heterocycles. The number of benzene rings is 2. The van der Waals surface area contributed by atoms with Gasteiger partial charge in [0.15, 0.2) is 0 Å². The predicted octanol–water partition coefficient (Wildman–Crippen LogP) is 5.09. The number of imidazole rings is 1. The molecule has 0 bridgehead atoms. The van der Waals surface area contributed by atoms with Crippen LogP contribution in [0.25, 0.3) is 11.1 Å². The van der Waals surface area contributed by atoms with E-state index in [1.165, 1.54) is 0 Å². The Morgan fingerprint density at radius 1 is 1.06 bits per heavy atom. The molecule has 1 aliphatic rings. The fourth-order valence-corrected chi connectivity index (χ4v) is 5.06. The largest absolute Gasteiger partial charge is 0.508 e. The van der Waals surface area contributed by atoms with E-state index in [9.17, 15) is 9.90 Å². The molecule has 33 heavy (non-hydrogen) atoms. The molecule has 7 heteroatoms. The smallest absolute Gasteiger partial charge is 0.253 e. The van der Waals surface area contributed by atoms with Gasteiger partial charge in [-0.15, -0.1) is 11.3 Å². The molecular formula is C26H26N4O2S. The summed E-state index contributed by atoms with van der Waals surface area (Å²) < 4.78 is 2.19. The van der Waals surface area contributed by atoms with Crippen molar-refractivity contribution in [2.45, 2.75) is 32.2 Å². The summed E-state index contributed by atoms with van der Waals surface area (Å²) in [4.78, 5) is 24.2. The molecule has 2 aromatic carbocycles. The number of nitrogens with zero attached hydrogens (tertiary/aromatic N) is 4. The fourth-order valence-electron chi connectivity index (χ4n) is 4.45. The van der Waals surface area contributed by atoms with Gasteiger partial charge >= 0.3 is 0 Å². The minimum atomic E-state index is 0.0759. The molecule has 0 aliphatic carbocycles. The van der Waals surface area contributed by atoms with Crippen molar-refractivity contribution in [3.63, 3.8) is 0 Å². The quantitative estimate of drug-likeness (QED) is 0.452. The molecule has 4 aromatic rings. The number of thiazole rings is 1. The molecule has 168 valence electrons. The zero-order chi connectivity index (χ0) is 22.8. The van der Waals surface area contributed by atoms with Crippen LogP contribution in [-0.4, -0.2) is 43.5 Å². The second kappa shape index (κ2) is 9.19. The molecule has 5 rings (SSSR count). The zero-order valence-corrected chi connectivity index (χ0v) is 19.3. The Bertz CT molecular complexity index is 1240. The molecule has 1 amide bonds. The molecule has 1 N–H and O–H groups in total. The summed E-state index contributed by atoms with van der Waals surface area (Å²) in [6.07, 6.45) is 5.70. The van der Waals surface area contributed by atoms with Gasteiger partial charge in [0.05, 0.1) is 17.2 Å². The summed E-state index contributed by atoms with van der Waals surface area (Å²) in [5.74, 6) is 1.76. The fraction of sp³-hybridized carbons (Fsp3) is 0.269. The maximum atomic E-state index is 13.1. The number of aromatic nitrogens is 3. The van der Waals surface area contributed by atoms with Crippen LogP contribution in [0.15, 0.2) is 66.3 Å². The summed E-state index contributed by atoms with van der Waals surface area (Å²) >= 11 is 1.67. The Morgan fingerprint density at radius 2 is 1.73 bits per heavy atom. The summed E-state index contributed by atoms with van der Waals surface area (Å²) in [6, 6.07) is 14.8. The highest BCUT2D eigenvalue weighted by molar-refractivity contribution is 7.09. The van der Waals surface area contributed by atoms with E-state index in [2.05, 4.69) is 19.9 Å². The molecule has 1 saturated heterocycles. The molecule has 6 nitrogen and oxygen atoms in total. The first-order valence-electron chi connectivity index (χ1n) is 11.2. The Morgan fingerprint density at radius 3 is 2.36 bits per heavy atom. The van der Waals surface area contributed by atoms with Gasteiger partial charge in [-0.2, -0.15) is 0 Å². The van der Waals surface area contributed by atoms with E-state index in [4.69, 9.17) is 0 Å². The van der Waals surface area contributed by atoms with Crippen LogP contribution in [0.4, 0.5) is 0 Å². The first-order valence-corrected chi connectivity index (χ1v) is 12.1. The van der Waals surface area contributed by atoms with E-state index in [0.717, 1.165) is 60.1 Å². The number of phenolic OH excluding ortho intramolecular Hbond substituents is 1. The number of rotatable bonds is 5. The summed E-state index contributed by atoms with van der Waals surface area (Å²) in [6.45, 7) is 4.22. The highest BCUT2D eigenvalue weighted by atomic mass is 32.1. The van der Waals surface area contributed by atoms with E-state index in [1.807, 2.05) is 60.6 Å². The maximum absolute atomic E-state index is 13.1. The molecule has 0 atom stereocenters. The number of hydrogen-bond acceptors (Lipinski definition) is 5. The number of amides is 1. The molecule has 0 unspecified atom stereocenters. The third-order valence-corrected chi connectivity index (χ3v) is 7.05. The topological polar surface area (TPSA) is 71.2 Å². The molecule has 0 saturated carbocycles. The standard InChI is InChI=1S/C26H26N4O2S/c1-18-28-23(17-33-18)16-30-15-12-27-25(30)21-10-13-29(14-11-21)26(32)22-4-2-19(3-5-22)20-6-8-24(31)9-7-20/h2-9,12,15,17,21,31H,10-11,13-14,16H2,1H3. The van der Waals surface area contributed by atoms with E-state index in [1.54, 1.807) is 23.5 Å². The summed E-state index contributed by atoms with van der Waals surface area (Å²) in [5, 5.41) is 12.7. The number of likely N-dealkylation sites (tertiary alicyclic amines) is 1. The van der Waals surface area contributed by atoms with Crippen molar-refractivity contribution in [1.82, 2.24) is 19.4 Å². The highest BCUT2D eigenvalue weighted by Gasteiger charge is 2.27. The van der Waals surface area contributed by atoms with Gasteiger partial charge in [-0.3, -0.25) is 4.79 Å². The Balaban J connectivity index is 1.21. The zero-order valence-electron chi connectivity index (χ0n) is 18.5. The normalized spacial score (nSPS) is 14.5. The molecule has 1 fully saturated rings. The van der Waals surface area contributed by atoms with Gasteiger partial charge in [-0.25, -0.2) is 9.97 Å². The SMILES string of the molecule is Cc1nc(Cn2ccnc2C2CCN(C(=O)c3ccc(-c4ccc(O)cc4)cc3)CC2)cs1. The lowest BCUT2D eigenvalue weighted by molar-refractivity contribution is 0.0710. The predicted molar refractivity (Wildman–Crippen MR) is 130 cm³/mol. The minimum absolute atomic E-state index is 0.0759. The van der Waals surface area contributed by atoms with Crippen LogP contribution in [0.1, 0.15) is 45.6 Å². The molecule has 3 heterocycles. The third kappa shape index (κ3) is 4.68. The van der Waals surface area contributed by atoms with Gasteiger partial charge in [0.2, 0.25) is 0 Å². The van der Waals surface area contributed by atoms with E-state index in [-0.39, 0.29) is 11.7 Å². The van der Waals surface area contributed by atoms with Crippen molar-refractivity contribution >= 4 is 17.2 Å². The van der Waals surface area contributed by atoms with Crippen molar-refractivity contribution in [2.24, 2.45) is 0 Å². The number of aryl methyl sites for hydroxylation is 1. The monoisotopic (exact) mass is 458 g/mol. The Labute approximate surface area is 197 Å². The minimum Gasteiger partial charge on any atom is -0.508 e. The number of piperidine rings is 1. The van der Waals surface area contributed by atoms with Gasteiger partial charge in [-0.1, -0.05) is 24.3 Å². The average Bonchev–Trinajstić information content (AvgIpc) is 3.48. The molecular weight excluding hydrogens is 432 g/mol. The van der Waals surface area contributed by atoms with Gasteiger partial charge < -0.3 is 14.6 Å². The number of carbonyl (C=O) groups is 1. The van der Waals surface area contributed by atoms with Crippen LogP contribution in [0, 0.1) is 6.92 Å². The van der Waals surface area contributed by atoms with E-state index >= 15 is 0 Å². The number of hydrogen-bond donors (Lipinski definition) is 1. The Kier molecular flexibility index (Phi) is 5.96. The van der Waals surface area contributed by atoms with Crippen molar-refractivity contribution in [3.05, 3.63) is 88.4 Å². The van der Waals surface area contributed by atoms with Crippen LogP contribution in [-0.2, 0) is 6.54 Å². The number of carbonyl (C=O) groups excluding carboxylic acids is 1. The van der Waals surface area contributed by atoms with Gasteiger partial charge in [0.25, 0.3) is 5.91 Å². The summed E-state index contributed by atoms with van der Waals surface area (Å²) in [7, 11) is 0. The van der Waals surface area contributed by atoms with Crippen molar-refractivity contribution in [2.75, 3.05) is 13.1 Å². The first kappa shape index (κ1) is 21.4. The van der Waals surface area contributed by atoms with Crippen LogP contribution < -0.4 is 0 Å². The second-order valence-electron chi connectivity index (χ2n) is 8.46. The lowest BCUT2D eigenvalue weighted by atomic mass is 9.95. The molecule has 0 spiro atoms. The van der Waals surface area contributed by atoms with Gasteiger partial charge in [-0.05, 0) is 55.2 Å². The Hall–Kier alpha value is -3.45. The average molecular weight is 459 g/mol. The van der Waals surface area contributed by atoms with Crippen molar-refractivity contribution < 1.29 is 9.90 Å². The third-order valence-electron chi connectivity index (χ3n) is 6.23. The lowest BCUT2D eigenvalue weighted by Crippen LogP contribution is -2.38. The van der Waals surface area contributed by atoms with Crippen LogP contribution in [0.5, 0.6) is 5.75 Å². The second-order valence-corrected chi connectivity index (χ2v) is 9.52. The number of phenols is 1. The maximum Gasteiger partial charge on any atom is 0.253 e. The van der Waals surface area contributed by atoms with Crippen molar-refractivity contribution in [3.8, 4) is 16.9 Å². The highest BCUT2D eigenvalue weighted by Crippen LogP contribution is 2.29. The lowest BCUT2D eigenvalue weighted by Gasteiger charge is -2.32. The van der Waals surface area contributed by atoms with Crippen molar-refractivity contribution in [1.29, 1.82) is 0 Å².